The molecule has 0 saturated heterocycles. The predicted molar refractivity (Wildman–Crippen MR) is 63.3 cm³/mol. The van der Waals surface area contributed by atoms with Crippen molar-refractivity contribution in [2.45, 2.75) is 25.4 Å². The van der Waals surface area contributed by atoms with Crippen molar-refractivity contribution in [2.24, 2.45) is 0 Å². The topological polar surface area (TPSA) is 81.9 Å². The minimum Gasteiger partial charge on any atom is -0.464 e. The summed E-state index contributed by atoms with van der Waals surface area (Å²) in [5, 5.41) is 0. The Morgan fingerprint density at radius 3 is 2.79 bits per heavy atom. The Bertz CT molecular complexity index is 466. The summed E-state index contributed by atoms with van der Waals surface area (Å²) in [6, 6.07) is 0.219. The molecule has 1 aliphatic rings. The summed E-state index contributed by atoms with van der Waals surface area (Å²) < 4.78 is 14.6. The zero-order valence-corrected chi connectivity index (χ0v) is 10.9. The Morgan fingerprint density at radius 2 is 2.21 bits per heavy atom. The van der Waals surface area contributed by atoms with E-state index in [0.717, 1.165) is 12.8 Å². The van der Waals surface area contributed by atoms with E-state index in [1.165, 1.54) is 20.5 Å². The molecule has 0 aliphatic heterocycles. The maximum atomic E-state index is 11.9. The van der Waals surface area contributed by atoms with Gasteiger partial charge in [0, 0.05) is 13.2 Å². The predicted octanol–water partition coefficient (Wildman–Crippen LogP) is 0.599. The number of nitrogens with zero attached hydrogens (tertiary/aromatic N) is 2. The van der Waals surface area contributed by atoms with Crippen molar-refractivity contribution in [3.05, 3.63) is 17.8 Å². The largest absolute Gasteiger partial charge is 0.464 e. The first-order chi connectivity index (χ1) is 9.15. The second-order valence-electron chi connectivity index (χ2n) is 4.30. The molecule has 0 atom stereocenters. The van der Waals surface area contributed by atoms with Gasteiger partial charge < -0.3 is 18.8 Å². The van der Waals surface area contributed by atoms with Crippen LogP contribution in [0.15, 0.2) is 10.7 Å². The molecule has 0 radical (unpaired) electrons. The number of rotatable bonds is 6. The van der Waals surface area contributed by atoms with Crippen LogP contribution in [-0.4, -0.2) is 48.6 Å². The summed E-state index contributed by atoms with van der Waals surface area (Å²) in [5.41, 5.74) is 0.104. The third-order valence-corrected chi connectivity index (χ3v) is 2.83. The first kappa shape index (κ1) is 13.5. The fourth-order valence-corrected chi connectivity index (χ4v) is 1.74. The first-order valence-electron chi connectivity index (χ1n) is 5.96. The molecule has 19 heavy (non-hydrogen) atoms. The molecule has 1 heterocycles. The van der Waals surface area contributed by atoms with Crippen LogP contribution in [0.1, 0.15) is 29.2 Å². The Hall–Kier alpha value is -1.89. The van der Waals surface area contributed by atoms with Crippen LogP contribution in [0.2, 0.25) is 0 Å². The van der Waals surface area contributed by atoms with E-state index in [-0.39, 0.29) is 30.8 Å². The lowest BCUT2D eigenvalue weighted by atomic mass is 10.4. The van der Waals surface area contributed by atoms with Crippen molar-refractivity contribution in [1.29, 1.82) is 0 Å². The lowest BCUT2D eigenvalue weighted by Crippen LogP contribution is -2.35. The van der Waals surface area contributed by atoms with Crippen molar-refractivity contribution in [1.82, 2.24) is 9.88 Å². The summed E-state index contributed by atoms with van der Waals surface area (Å²) in [7, 11) is 2.75. The van der Waals surface area contributed by atoms with Gasteiger partial charge in [-0.3, -0.25) is 4.79 Å². The average molecular weight is 268 g/mol. The van der Waals surface area contributed by atoms with Crippen molar-refractivity contribution in [3.63, 3.8) is 0 Å². The summed E-state index contributed by atoms with van der Waals surface area (Å²) in [6.45, 7) is 0.269. The molecule has 1 amide bonds. The molecular formula is C12H16N2O5. The van der Waals surface area contributed by atoms with Crippen LogP contribution in [-0.2, 0) is 20.8 Å². The van der Waals surface area contributed by atoms with Gasteiger partial charge in [-0.05, 0) is 12.8 Å². The highest BCUT2D eigenvalue weighted by Crippen LogP contribution is 2.28. The summed E-state index contributed by atoms with van der Waals surface area (Å²) in [5.74, 6) is -0.351. The minimum atomic E-state index is -0.559. The zero-order chi connectivity index (χ0) is 13.8. The molecule has 0 aromatic carbocycles. The van der Waals surface area contributed by atoms with E-state index < -0.39 is 5.97 Å². The van der Waals surface area contributed by atoms with E-state index in [2.05, 4.69) is 9.72 Å². The molecule has 0 N–H and O–H groups in total. The van der Waals surface area contributed by atoms with Gasteiger partial charge in [-0.1, -0.05) is 0 Å². The highest BCUT2D eigenvalue weighted by atomic mass is 16.5. The van der Waals surface area contributed by atoms with Gasteiger partial charge in [0.25, 0.3) is 0 Å². The number of oxazole rings is 1. The summed E-state index contributed by atoms with van der Waals surface area (Å²) >= 11 is 0. The molecule has 2 rings (SSSR count). The van der Waals surface area contributed by atoms with Crippen LogP contribution in [0.5, 0.6) is 0 Å². The molecule has 1 aromatic heterocycles. The van der Waals surface area contributed by atoms with Crippen LogP contribution < -0.4 is 0 Å². The smallest absolute Gasteiger partial charge is 0.360 e. The van der Waals surface area contributed by atoms with Crippen molar-refractivity contribution in [2.75, 3.05) is 20.8 Å². The molecule has 1 aliphatic carbocycles. The van der Waals surface area contributed by atoms with Crippen LogP contribution in [0.4, 0.5) is 0 Å². The Morgan fingerprint density at radius 1 is 1.47 bits per heavy atom. The fourth-order valence-electron chi connectivity index (χ4n) is 1.74. The van der Waals surface area contributed by atoms with Gasteiger partial charge in [-0.25, -0.2) is 9.78 Å². The molecule has 0 bridgehead atoms. The van der Waals surface area contributed by atoms with Gasteiger partial charge >= 0.3 is 5.97 Å². The number of aromatic nitrogens is 1. The minimum absolute atomic E-state index is 0.0288. The molecule has 7 heteroatoms. The lowest BCUT2D eigenvalue weighted by molar-refractivity contribution is -0.136. The summed E-state index contributed by atoms with van der Waals surface area (Å²) in [6.07, 6.45) is 3.17. The Balaban J connectivity index is 2.02. The van der Waals surface area contributed by atoms with Crippen LogP contribution in [0.25, 0.3) is 0 Å². The maximum Gasteiger partial charge on any atom is 0.360 e. The molecule has 104 valence electrons. The normalized spacial score (nSPS) is 14.2. The second-order valence-corrected chi connectivity index (χ2v) is 4.30. The standard InChI is InChI=1S/C12H16N2O5/c1-17-7-11(15)14(8-3-4-8)5-10-13-9(6-19-10)12(16)18-2/h6,8H,3-5,7H2,1-2H3. The van der Waals surface area contributed by atoms with Gasteiger partial charge in [-0.15, -0.1) is 0 Å². The Labute approximate surface area is 110 Å². The highest BCUT2D eigenvalue weighted by Gasteiger charge is 2.33. The molecular weight excluding hydrogens is 252 g/mol. The van der Waals surface area contributed by atoms with Gasteiger partial charge in [-0.2, -0.15) is 0 Å². The molecule has 0 unspecified atom stereocenters. The van der Waals surface area contributed by atoms with Gasteiger partial charge in [0.2, 0.25) is 11.8 Å². The number of hydrogen-bond donors (Lipinski definition) is 0. The molecule has 1 fully saturated rings. The third-order valence-electron chi connectivity index (χ3n) is 2.83. The van der Waals surface area contributed by atoms with Crippen molar-refractivity contribution < 1.29 is 23.5 Å². The first-order valence-corrected chi connectivity index (χ1v) is 5.96. The third kappa shape index (κ3) is 3.31. The molecule has 1 aromatic rings. The van der Waals surface area contributed by atoms with Gasteiger partial charge in [0.1, 0.15) is 12.9 Å². The van der Waals surface area contributed by atoms with E-state index in [4.69, 9.17) is 9.15 Å². The number of methoxy groups -OCH3 is 2. The second kappa shape index (κ2) is 5.83. The number of esters is 1. The van der Waals surface area contributed by atoms with Gasteiger partial charge in [0.15, 0.2) is 5.69 Å². The van der Waals surface area contributed by atoms with E-state index in [1.807, 2.05) is 0 Å². The molecule has 7 nitrogen and oxygen atoms in total. The van der Waals surface area contributed by atoms with E-state index in [0.29, 0.717) is 5.89 Å². The number of carbonyl (C=O) groups excluding carboxylic acids is 2. The monoisotopic (exact) mass is 268 g/mol. The fraction of sp³-hybridized carbons (Fsp3) is 0.583. The summed E-state index contributed by atoms with van der Waals surface area (Å²) in [4.78, 5) is 28.8. The van der Waals surface area contributed by atoms with Crippen molar-refractivity contribution >= 4 is 11.9 Å². The SMILES string of the molecule is COCC(=O)N(Cc1nc(C(=O)OC)co1)C1CC1. The zero-order valence-electron chi connectivity index (χ0n) is 10.9. The maximum absolute atomic E-state index is 11.9. The van der Waals surface area contributed by atoms with Crippen LogP contribution in [0, 0.1) is 0 Å². The van der Waals surface area contributed by atoms with Gasteiger partial charge in [0.05, 0.1) is 13.7 Å². The van der Waals surface area contributed by atoms with Crippen LogP contribution >= 0.6 is 0 Å². The highest BCUT2D eigenvalue weighted by molar-refractivity contribution is 5.86. The number of ether oxygens (including phenoxy) is 2. The van der Waals surface area contributed by atoms with E-state index >= 15 is 0 Å². The lowest BCUT2D eigenvalue weighted by Gasteiger charge is -2.20. The van der Waals surface area contributed by atoms with Crippen LogP contribution in [0.3, 0.4) is 0 Å². The molecule has 1 saturated carbocycles. The Kier molecular flexibility index (Phi) is 4.16. The number of carbonyl (C=O) groups is 2. The number of amides is 1. The average Bonchev–Trinajstić information content (AvgIpc) is 3.14. The number of hydrogen-bond acceptors (Lipinski definition) is 6. The molecule has 0 spiro atoms. The van der Waals surface area contributed by atoms with Crippen molar-refractivity contribution in [3.8, 4) is 0 Å². The quantitative estimate of drug-likeness (QED) is 0.703. The van der Waals surface area contributed by atoms with E-state index in [9.17, 15) is 9.59 Å². The van der Waals surface area contributed by atoms with E-state index in [1.54, 1.807) is 4.90 Å².